The standard InChI is InChI=1S/C9H11ClN2O5S/c10-3-1-12(9(17)11-7(3)16)8-6(15)5(14)4(2-13)18-8/h1,4-6,8,13-15H,2H2,(H,11,16,17)/t4-,5-,6+,8+/m0/s1. The summed E-state index contributed by atoms with van der Waals surface area (Å²) in [4.78, 5) is 24.7. The van der Waals surface area contributed by atoms with Gasteiger partial charge in [-0.05, 0) is 0 Å². The summed E-state index contributed by atoms with van der Waals surface area (Å²) in [5.41, 5.74) is -1.44. The molecule has 4 N–H and O–H groups in total. The van der Waals surface area contributed by atoms with Crippen molar-refractivity contribution < 1.29 is 15.3 Å². The first-order valence-corrected chi connectivity index (χ1v) is 6.41. The van der Waals surface area contributed by atoms with Crippen LogP contribution in [-0.4, -0.2) is 48.9 Å². The zero-order chi connectivity index (χ0) is 13.4. The largest absolute Gasteiger partial charge is 0.395 e. The molecule has 0 spiro atoms. The number of thioether (sulfide) groups is 1. The maximum atomic E-state index is 11.6. The summed E-state index contributed by atoms with van der Waals surface area (Å²) in [5, 5.41) is 26.9. The molecule has 4 atom stereocenters. The Hall–Kier alpha value is -0.800. The zero-order valence-electron chi connectivity index (χ0n) is 8.99. The molecule has 0 radical (unpaired) electrons. The van der Waals surface area contributed by atoms with Gasteiger partial charge in [-0.1, -0.05) is 11.6 Å². The normalized spacial score (nSPS) is 31.8. The van der Waals surface area contributed by atoms with E-state index in [4.69, 9.17) is 16.7 Å². The third-order valence-electron chi connectivity index (χ3n) is 2.72. The minimum Gasteiger partial charge on any atom is -0.395 e. The van der Waals surface area contributed by atoms with E-state index in [2.05, 4.69) is 0 Å². The Morgan fingerprint density at radius 1 is 1.39 bits per heavy atom. The SMILES string of the molecule is O=c1[nH]c(=O)n([C@@H]2S[C@@H](CO)[C@H](O)[C@H]2O)cc1Cl. The van der Waals surface area contributed by atoms with E-state index in [0.29, 0.717) is 0 Å². The molecule has 0 amide bonds. The number of H-pyrrole nitrogens is 1. The van der Waals surface area contributed by atoms with Gasteiger partial charge in [0.2, 0.25) is 0 Å². The average Bonchev–Trinajstić information content (AvgIpc) is 2.61. The van der Waals surface area contributed by atoms with Gasteiger partial charge in [0.25, 0.3) is 5.56 Å². The van der Waals surface area contributed by atoms with E-state index in [1.54, 1.807) is 0 Å². The lowest BCUT2D eigenvalue weighted by atomic mass is 10.1. The van der Waals surface area contributed by atoms with Crippen molar-refractivity contribution in [2.45, 2.75) is 22.8 Å². The number of rotatable bonds is 2. The Morgan fingerprint density at radius 2 is 2.06 bits per heavy atom. The van der Waals surface area contributed by atoms with Gasteiger partial charge >= 0.3 is 5.69 Å². The van der Waals surface area contributed by atoms with Crippen LogP contribution in [0.1, 0.15) is 5.37 Å². The van der Waals surface area contributed by atoms with Crippen molar-refractivity contribution in [3.05, 3.63) is 32.1 Å². The molecule has 2 rings (SSSR count). The first-order valence-electron chi connectivity index (χ1n) is 5.09. The first kappa shape index (κ1) is 13.6. The molecule has 0 unspecified atom stereocenters. The van der Waals surface area contributed by atoms with Crippen LogP contribution in [0.4, 0.5) is 0 Å². The highest BCUT2D eigenvalue weighted by atomic mass is 35.5. The van der Waals surface area contributed by atoms with E-state index >= 15 is 0 Å². The molecule has 0 bridgehead atoms. The van der Waals surface area contributed by atoms with Crippen LogP contribution >= 0.6 is 23.4 Å². The quantitative estimate of drug-likeness (QED) is 0.529. The summed E-state index contributed by atoms with van der Waals surface area (Å²) in [7, 11) is 0. The Labute approximate surface area is 110 Å². The predicted molar refractivity (Wildman–Crippen MR) is 65.8 cm³/mol. The highest BCUT2D eigenvalue weighted by Gasteiger charge is 2.43. The van der Waals surface area contributed by atoms with E-state index in [1.165, 1.54) is 0 Å². The highest BCUT2D eigenvalue weighted by Crippen LogP contribution is 2.40. The molecule has 1 fully saturated rings. The van der Waals surface area contributed by atoms with Gasteiger partial charge in [0, 0.05) is 6.20 Å². The smallest absolute Gasteiger partial charge is 0.329 e. The molecule has 0 aromatic carbocycles. The summed E-state index contributed by atoms with van der Waals surface area (Å²) in [6.45, 7) is -0.328. The fourth-order valence-corrected chi connectivity index (χ4v) is 3.29. The van der Waals surface area contributed by atoms with Crippen LogP contribution in [0.15, 0.2) is 15.8 Å². The molecule has 0 aliphatic carbocycles. The average molecular weight is 295 g/mol. The van der Waals surface area contributed by atoms with Crippen LogP contribution in [0.5, 0.6) is 0 Å². The number of aromatic amines is 1. The summed E-state index contributed by atoms with van der Waals surface area (Å²) < 4.78 is 1.04. The third-order valence-corrected chi connectivity index (χ3v) is 4.55. The third kappa shape index (κ3) is 2.21. The summed E-state index contributed by atoms with van der Waals surface area (Å²) in [5.74, 6) is 0. The number of aliphatic hydroxyl groups is 3. The maximum absolute atomic E-state index is 11.6. The molecule has 2 heterocycles. The van der Waals surface area contributed by atoms with Gasteiger partial charge in [-0.15, -0.1) is 11.8 Å². The Kier molecular flexibility index (Phi) is 3.83. The van der Waals surface area contributed by atoms with Gasteiger partial charge in [0.05, 0.1) is 18.0 Å². The fraction of sp³-hybridized carbons (Fsp3) is 0.556. The molecule has 1 aromatic rings. The molecule has 0 saturated carbocycles. The van der Waals surface area contributed by atoms with Crippen LogP contribution in [0.25, 0.3) is 0 Å². The molecule has 100 valence electrons. The molecular formula is C9H11ClN2O5S. The van der Waals surface area contributed by atoms with E-state index < -0.39 is 34.1 Å². The Bertz CT molecular complexity index is 559. The summed E-state index contributed by atoms with van der Waals surface area (Å²) >= 11 is 6.65. The van der Waals surface area contributed by atoms with Gasteiger partial charge in [-0.3, -0.25) is 14.3 Å². The number of aromatic nitrogens is 2. The second-order valence-corrected chi connectivity index (χ2v) is 5.64. The molecule has 9 heteroatoms. The Morgan fingerprint density at radius 3 is 2.61 bits per heavy atom. The van der Waals surface area contributed by atoms with Crippen LogP contribution in [0, 0.1) is 0 Å². The minimum absolute atomic E-state index is 0.190. The number of halogens is 1. The predicted octanol–water partition coefficient (Wildman–Crippen LogP) is -1.48. The molecule has 1 aliphatic rings. The summed E-state index contributed by atoms with van der Waals surface area (Å²) in [6, 6.07) is 0. The van der Waals surface area contributed by atoms with Crippen molar-refractivity contribution in [3.63, 3.8) is 0 Å². The molecule has 18 heavy (non-hydrogen) atoms. The second kappa shape index (κ2) is 5.06. The van der Waals surface area contributed by atoms with E-state index in [1.807, 2.05) is 4.98 Å². The van der Waals surface area contributed by atoms with Crippen molar-refractivity contribution in [2.75, 3.05) is 6.61 Å². The second-order valence-electron chi connectivity index (χ2n) is 3.87. The topological polar surface area (TPSA) is 116 Å². The van der Waals surface area contributed by atoms with E-state index in [0.717, 1.165) is 22.5 Å². The van der Waals surface area contributed by atoms with Crippen molar-refractivity contribution in [3.8, 4) is 0 Å². The van der Waals surface area contributed by atoms with E-state index in [-0.39, 0.29) is 11.6 Å². The van der Waals surface area contributed by atoms with Gasteiger partial charge in [0.1, 0.15) is 16.5 Å². The highest BCUT2D eigenvalue weighted by molar-refractivity contribution is 8.00. The number of nitrogens with one attached hydrogen (secondary N) is 1. The van der Waals surface area contributed by atoms with Gasteiger partial charge < -0.3 is 15.3 Å². The molecule has 1 aliphatic heterocycles. The number of hydrogen-bond donors (Lipinski definition) is 4. The lowest BCUT2D eigenvalue weighted by Gasteiger charge is -2.17. The lowest BCUT2D eigenvalue weighted by Crippen LogP contribution is -2.37. The lowest BCUT2D eigenvalue weighted by molar-refractivity contribution is 0.0101. The molecular weight excluding hydrogens is 284 g/mol. The van der Waals surface area contributed by atoms with Gasteiger partial charge in [-0.2, -0.15) is 0 Å². The van der Waals surface area contributed by atoms with Crippen LogP contribution in [0.3, 0.4) is 0 Å². The van der Waals surface area contributed by atoms with Crippen LogP contribution in [0.2, 0.25) is 5.02 Å². The van der Waals surface area contributed by atoms with Crippen molar-refractivity contribution in [2.24, 2.45) is 0 Å². The number of aliphatic hydroxyl groups excluding tert-OH is 3. The van der Waals surface area contributed by atoms with Crippen molar-refractivity contribution in [1.29, 1.82) is 0 Å². The monoisotopic (exact) mass is 294 g/mol. The van der Waals surface area contributed by atoms with E-state index in [9.17, 15) is 19.8 Å². The number of nitrogens with zero attached hydrogens (tertiary/aromatic N) is 1. The molecule has 1 aromatic heterocycles. The van der Waals surface area contributed by atoms with Gasteiger partial charge in [-0.25, -0.2) is 4.79 Å². The summed E-state index contributed by atoms with van der Waals surface area (Å²) in [6.07, 6.45) is -1.27. The van der Waals surface area contributed by atoms with Crippen LogP contribution < -0.4 is 11.2 Å². The zero-order valence-corrected chi connectivity index (χ0v) is 10.6. The number of hydrogen-bond acceptors (Lipinski definition) is 6. The minimum atomic E-state index is -1.23. The Balaban J connectivity index is 2.42. The van der Waals surface area contributed by atoms with Crippen LogP contribution in [-0.2, 0) is 0 Å². The molecule has 1 saturated heterocycles. The first-order chi connectivity index (χ1) is 8.45. The fourth-order valence-electron chi connectivity index (χ4n) is 1.76. The maximum Gasteiger partial charge on any atom is 0.329 e. The van der Waals surface area contributed by atoms with Crippen molar-refractivity contribution in [1.82, 2.24) is 9.55 Å². The van der Waals surface area contributed by atoms with Gasteiger partial charge in [0.15, 0.2) is 0 Å². The van der Waals surface area contributed by atoms with Crippen molar-refractivity contribution >= 4 is 23.4 Å². The molecule has 7 nitrogen and oxygen atoms in total.